The number of allylic oxidation sites excluding steroid dienone is 1. The highest BCUT2D eigenvalue weighted by atomic mass is 16.5. The molecule has 1 saturated heterocycles. The van der Waals surface area contributed by atoms with E-state index in [4.69, 9.17) is 4.74 Å². The molecule has 4 rings (SSSR count). The average molecular weight is 358 g/mol. The van der Waals surface area contributed by atoms with Crippen LogP contribution < -0.4 is 4.90 Å². The standard InChI is InChI=1S/C20H18N6O/c21-15-17(14-16-6-8-22-9-7-16)19-23-24-20(25-10-12-27-13-11-25)26(19)18-4-2-1-3-5-18/h1-9,14H,10-13H2/b17-14-. The molecule has 1 aromatic carbocycles. The molecule has 2 aromatic heterocycles. The van der Waals surface area contributed by atoms with Crippen molar-refractivity contribution in [1.82, 2.24) is 19.7 Å². The Hall–Kier alpha value is -3.50. The molecule has 7 nitrogen and oxygen atoms in total. The summed E-state index contributed by atoms with van der Waals surface area (Å²) >= 11 is 0. The predicted molar refractivity (Wildman–Crippen MR) is 102 cm³/mol. The predicted octanol–water partition coefficient (Wildman–Crippen LogP) is 2.56. The van der Waals surface area contributed by atoms with E-state index < -0.39 is 0 Å². The highest BCUT2D eigenvalue weighted by Gasteiger charge is 2.23. The number of hydrogen-bond donors (Lipinski definition) is 0. The molecule has 0 spiro atoms. The molecule has 3 heterocycles. The van der Waals surface area contributed by atoms with Gasteiger partial charge in [-0.1, -0.05) is 18.2 Å². The maximum Gasteiger partial charge on any atom is 0.232 e. The van der Waals surface area contributed by atoms with Gasteiger partial charge in [0.25, 0.3) is 0 Å². The van der Waals surface area contributed by atoms with Crippen LogP contribution in [0.5, 0.6) is 0 Å². The Bertz CT molecular complexity index is 969. The van der Waals surface area contributed by atoms with Crippen LogP contribution in [0, 0.1) is 11.3 Å². The quantitative estimate of drug-likeness (QED) is 0.667. The van der Waals surface area contributed by atoms with E-state index in [9.17, 15) is 5.26 Å². The smallest absolute Gasteiger partial charge is 0.232 e. The lowest BCUT2D eigenvalue weighted by Crippen LogP contribution is -2.38. The van der Waals surface area contributed by atoms with Crippen LogP contribution in [0.2, 0.25) is 0 Å². The number of nitrogens with zero attached hydrogens (tertiary/aromatic N) is 6. The van der Waals surface area contributed by atoms with Crippen LogP contribution >= 0.6 is 0 Å². The molecule has 134 valence electrons. The lowest BCUT2D eigenvalue weighted by Gasteiger charge is -2.28. The van der Waals surface area contributed by atoms with Crippen LogP contribution in [-0.4, -0.2) is 46.1 Å². The van der Waals surface area contributed by atoms with Crippen molar-refractivity contribution >= 4 is 17.6 Å². The fourth-order valence-corrected chi connectivity index (χ4v) is 3.01. The van der Waals surface area contributed by atoms with Crippen LogP contribution in [0.4, 0.5) is 5.95 Å². The molecule has 0 atom stereocenters. The summed E-state index contributed by atoms with van der Waals surface area (Å²) in [4.78, 5) is 6.15. The van der Waals surface area contributed by atoms with Gasteiger partial charge in [-0.3, -0.25) is 9.55 Å². The van der Waals surface area contributed by atoms with E-state index in [-0.39, 0.29) is 0 Å². The third-order valence-electron chi connectivity index (χ3n) is 4.33. The summed E-state index contributed by atoms with van der Waals surface area (Å²) in [6, 6.07) is 15.8. The van der Waals surface area contributed by atoms with Gasteiger partial charge in [-0.2, -0.15) is 5.26 Å². The Kier molecular flexibility index (Phi) is 4.90. The number of aromatic nitrogens is 4. The van der Waals surface area contributed by atoms with Gasteiger partial charge in [-0.05, 0) is 35.9 Å². The molecule has 27 heavy (non-hydrogen) atoms. The number of benzene rings is 1. The molecule has 0 radical (unpaired) electrons. The third-order valence-corrected chi connectivity index (χ3v) is 4.33. The molecule has 0 unspecified atom stereocenters. The van der Waals surface area contributed by atoms with Crippen molar-refractivity contribution in [3.05, 3.63) is 66.2 Å². The second-order valence-electron chi connectivity index (χ2n) is 6.04. The van der Waals surface area contributed by atoms with Crippen molar-refractivity contribution < 1.29 is 4.74 Å². The highest BCUT2D eigenvalue weighted by molar-refractivity contribution is 5.88. The molecule has 0 aliphatic carbocycles. The number of nitriles is 1. The van der Waals surface area contributed by atoms with Crippen molar-refractivity contribution in [3.63, 3.8) is 0 Å². The minimum atomic E-state index is 0.442. The van der Waals surface area contributed by atoms with Gasteiger partial charge < -0.3 is 9.64 Å². The van der Waals surface area contributed by atoms with Gasteiger partial charge in [0.15, 0.2) is 5.82 Å². The minimum absolute atomic E-state index is 0.442. The van der Waals surface area contributed by atoms with Gasteiger partial charge in [-0.25, -0.2) is 0 Å². The Morgan fingerprint density at radius 1 is 1.04 bits per heavy atom. The first kappa shape index (κ1) is 16.9. The second kappa shape index (κ2) is 7.81. The van der Waals surface area contributed by atoms with Crippen LogP contribution in [0.3, 0.4) is 0 Å². The van der Waals surface area contributed by atoms with E-state index in [0.717, 1.165) is 30.3 Å². The van der Waals surface area contributed by atoms with Crippen molar-refractivity contribution in [2.24, 2.45) is 0 Å². The average Bonchev–Trinajstić information content (AvgIpc) is 3.19. The number of para-hydroxylation sites is 1. The van der Waals surface area contributed by atoms with Crippen LogP contribution in [0.15, 0.2) is 54.9 Å². The third kappa shape index (κ3) is 3.57. The van der Waals surface area contributed by atoms with Crippen LogP contribution in [0.1, 0.15) is 11.4 Å². The molecule has 3 aromatic rings. The molecule has 7 heteroatoms. The van der Waals surface area contributed by atoms with Gasteiger partial charge >= 0.3 is 0 Å². The Labute approximate surface area is 157 Å². The van der Waals surface area contributed by atoms with Crippen molar-refractivity contribution in [1.29, 1.82) is 5.26 Å². The zero-order valence-corrected chi connectivity index (χ0v) is 14.7. The first-order valence-corrected chi connectivity index (χ1v) is 8.72. The van der Waals surface area contributed by atoms with Gasteiger partial charge in [-0.15, -0.1) is 10.2 Å². The van der Waals surface area contributed by atoms with Gasteiger partial charge in [0, 0.05) is 25.5 Å². The SMILES string of the molecule is N#C/C(=C/c1ccncc1)c1nnc(N2CCOCC2)n1-c1ccccc1. The van der Waals surface area contributed by atoms with Gasteiger partial charge in [0.1, 0.15) is 6.07 Å². The number of pyridine rings is 1. The first-order chi connectivity index (χ1) is 13.4. The number of morpholine rings is 1. The first-order valence-electron chi connectivity index (χ1n) is 8.72. The summed E-state index contributed by atoms with van der Waals surface area (Å²) in [5, 5.41) is 18.5. The number of anilines is 1. The van der Waals surface area contributed by atoms with E-state index in [2.05, 4.69) is 26.2 Å². The van der Waals surface area contributed by atoms with E-state index in [1.165, 1.54) is 0 Å². The summed E-state index contributed by atoms with van der Waals surface area (Å²) in [7, 11) is 0. The van der Waals surface area contributed by atoms with Gasteiger partial charge in [0.2, 0.25) is 5.95 Å². The highest BCUT2D eigenvalue weighted by Crippen LogP contribution is 2.26. The van der Waals surface area contributed by atoms with E-state index in [1.807, 2.05) is 47.0 Å². The molecular weight excluding hydrogens is 340 g/mol. The van der Waals surface area contributed by atoms with Crippen molar-refractivity contribution in [2.45, 2.75) is 0 Å². The largest absolute Gasteiger partial charge is 0.378 e. The van der Waals surface area contributed by atoms with Gasteiger partial charge in [0.05, 0.1) is 24.5 Å². The zero-order valence-electron chi connectivity index (χ0n) is 14.7. The van der Waals surface area contributed by atoms with Crippen molar-refractivity contribution in [3.8, 4) is 11.8 Å². The molecule has 0 amide bonds. The molecule has 1 aliphatic heterocycles. The monoisotopic (exact) mass is 358 g/mol. The summed E-state index contributed by atoms with van der Waals surface area (Å²) in [6.07, 6.45) is 5.19. The Morgan fingerprint density at radius 3 is 2.48 bits per heavy atom. The van der Waals surface area contributed by atoms with E-state index in [0.29, 0.717) is 24.6 Å². The lowest BCUT2D eigenvalue weighted by molar-refractivity contribution is 0.122. The van der Waals surface area contributed by atoms with Crippen LogP contribution in [-0.2, 0) is 4.74 Å². The fraction of sp³-hybridized carbons (Fsp3) is 0.200. The summed E-state index contributed by atoms with van der Waals surface area (Å²) < 4.78 is 7.38. The summed E-state index contributed by atoms with van der Waals surface area (Å²) in [5.41, 5.74) is 2.24. The van der Waals surface area contributed by atoms with Crippen molar-refractivity contribution in [2.75, 3.05) is 31.2 Å². The maximum absolute atomic E-state index is 9.78. The second-order valence-corrected chi connectivity index (χ2v) is 6.04. The molecule has 1 aliphatic rings. The number of ether oxygens (including phenoxy) is 1. The van der Waals surface area contributed by atoms with E-state index >= 15 is 0 Å². The molecule has 0 N–H and O–H groups in total. The minimum Gasteiger partial charge on any atom is -0.378 e. The number of rotatable bonds is 4. The zero-order chi connectivity index (χ0) is 18.5. The molecule has 0 saturated carbocycles. The Morgan fingerprint density at radius 2 is 1.78 bits per heavy atom. The topological polar surface area (TPSA) is 79.9 Å². The summed E-state index contributed by atoms with van der Waals surface area (Å²) in [6.45, 7) is 2.77. The molecular formula is C20H18N6O. The lowest BCUT2D eigenvalue weighted by atomic mass is 10.1. The molecule has 1 fully saturated rings. The number of hydrogen-bond acceptors (Lipinski definition) is 6. The molecule has 0 bridgehead atoms. The Balaban J connectivity index is 1.84. The van der Waals surface area contributed by atoms with E-state index in [1.54, 1.807) is 18.5 Å². The normalized spacial score (nSPS) is 14.8. The maximum atomic E-state index is 9.78. The van der Waals surface area contributed by atoms with Crippen LogP contribution in [0.25, 0.3) is 17.3 Å². The summed E-state index contributed by atoms with van der Waals surface area (Å²) in [5.74, 6) is 1.23. The fourth-order valence-electron chi connectivity index (χ4n) is 3.01.